The van der Waals surface area contributed by atoms with Crippen molar-refractivity contribution in [2.45, 2.75) is 33.7 Å². The van der Waals surface area contributed by atoms with Crippen LogP contribution in [0, 0.1) is 13.8 Å². The minimum atomic E-state index is -0.527. The molecule has 2 aromatic carbocycles. The Morgan fingerprint density at radius 2 is 1.57 bits per heavy atom. The lowest BCUT2D eigenvalue weighted by Gasteiger charge is -2.31. The third-order valence-electron chi connectivity index (χ3n) is 3.91. The van der Waals surface area contributed by atoms with Crippen LogP contribution in [0.1, 0.15) is 35.3 Å². The summed E-state index contributed by atoms with van der Waals surface area (Å²) in [5.74, 6) is -0.210. The summed E-state index contributed by atoms with van der Waals surface area (Å²) < 4.78 is 0.957. The lowest BCUT2D eigenvalue weighted by molar-refractivity contribution is -0.117. The summed E-state index contributed by atoms with van der Waals surface area (Å²) in [6.45, 7) is 7.18. The van der Waals surface area contributed by atoms with Gasteiger partial charge in [-0.15, -0.1) is 0 Å². The zero-order chi connectivity index (χ0) is 17.1. The quantitative estimate of drug-likeness (QED) is 0.779. The third kappa shape index (κ3) is 3.70. The van der Waals surface area contributed by atoms with Crippen molar-refractivity contribution in [2.24, 2.45) is 0 Å². The molecule has 0 aromatic heterocycles. The van der Waals surface area contributed by atoms with E-state index in [-0.39, 0.29) is 11.7 Å². The van der Waals surface area contributed by atoms with Crippen LogP contribution in [-0.4, -0.2) is 17.7 Å². The molecule has 0 aliphatic rings. The van der Waals surface area contributed by atoms with Crippen molar-refractivity contribution < 1.29 is 9.59 Å². The zero-order valence-electron chi connectivity index (χ0n) is 13.8. The Morgan fingerprint density at radius 3 is 2.04 bits per heavy atom. The molecule has 2 rings (SSSR count). The van der Waals surface area contributed by atoms with Gasteiger partial charge in [0.1, 0.15) is 0 Å². The standard InChI is InChI=1S/C19H20BrNO2/c1-12-10-17(20)11-13(2)18(12)21(14(3)15(4)22)19(23)16-8-6-5-7-9-16/h5-11,14H,1-4H3. The molecule has 0 aliphatic heterocycles. The maximum Gasteiger partial charge on any atom is 0.258 e. The Labute approximate surface area is 145 Å². The van der Waals surface area contributed by atoms with Crippen molar-refractivity contribution in [3.63, 3.8) is 0 Å². The first-order valence-corrected chi connectivity index (χ1v) is 8.28. The van der Waals surface area contributed by atoms with Crippen LogP contribution in [-0.2, 0) is 4.79 Å². The predicted octanol–water partition coefficient (Wildman–Crippen LogP) is 4.69. The number of nitrogens with zero attached hydrogens (tertiary/aromatic N) is 1. The zero-order valence-corrected chi connectivity index (χ0v) is 15.3. The van der Waals surface area contributed by atoms with Crippen molar-refractivity contribution in [3.05, 3.63) is 63.6 Å². The number of benzene rings is 2. The van der Waals surface area contributed by atoms with E-state index in [1.54, 1.807) is 24.0 Å². The lowest BCUT2D eigenvalue weighted by atomic mass is 10.0. The monoisotopic (exact) mass is 373 g/mol. The van der Waals surface area contributed by atoms with Gasteiger partial charge in [0, 0.05) is 10.0 Å². The first-order valence-electron chi connectivity index (χ1n) is 7.48. The Hall–Kier alpha value is -1.94. The number of amides is 1. The second-order valence-electron chi connectivity index (χ2n) is 5.72. The molecule has 1 amide bonds. The number of rotatable bonds is 4. The number of carbonyl (C=O) groups excluding carboxylic acids is 2. The van der Waals surface area contributed by atoms with Gasteiger partial charge in [-0.1, -0.05) is 34.1 Å². The fourth-order valence-corrected chi connectivity index (χ4v) is 3.34. The molecule has 0 radical (unpaired) electrons. The molecule has 0 spiro atoms. The summed E-state index contributed by atoms with van der Waals surface area (Å²) in [6, 6.07) is 12.4. The van der Waals surface area contributed by atoms with Crippen LogP contribution in [0.25, 0.3) is 0 Å². The van der Waals surface area contributed by atoms with Crippen LogP contribution < -0.4 is 4.90 Å². The average Bonchev–Trinajstić information content (AvgIpc) is 2.50. The summed E-state index contributed by atoms with van der Waals surface area (Å²) >= 11 is 3.47. The van der Waals surface area contributed by atoms with E-state index in [4.69, 9.17) is 0 Å². The Morgan fingerprint density at radius 1 is 1.04 bits per heavy atom. The fraction of sp³-hybridized carbons (Fsp3) is 0.263. The number of halogens is 1. The van der Waals surface area contributed by atoms with Crippen molar-refractivity contribution >= 4 is 33.3 Å². The van der Waals surface area contributed by atoms with Gasteiger partial charge in [0.05, 0.1) is 11.7 Å². The number of aryl methyl sites for hydroxylation is 2. The number of ketones is 1. The van der Waals surface area contributed by atoms with Crippen molar-refractivity contribution in [1.29, 1.82) is 0 Å². The van der Waals surface area contributed by atoms with Crippen LogP contribution in [0.4, 0.5) is 5.69 Å². The highest BCUT2D eigenvalue weighted by Gasteiger charge is 2.28. The number of hydrogen-bond acceptors (Lipinski definition) is 2. The molecular weight excluding hydrogens is 354 g/mol. The van der Waals surface area contributed by atoms with Gasteiger partial charge in [-0.05, 0) is 63.1 Å². The molecule has 2 aromatic rings. The van der Waals surface area contributed by atoms with Crippen LogP contribution in [0.15, 0.2) is 46.9 Å². The van der Waals surface area contributed by atoms with Gasteiger partial charge < -0.3 is 0 Å². The van der Waals surface area contributed by atoms with Crippen molar-refractivity contribution in [1.82, 2.24) is 0 Å². The summed E-state index contributed by atoms with van der Waals surface area (Å²) in [4.78, 5) is 26.6. The molecule has 0 N–H and O–H groups in total. The van der Waals surface area contributed by atoms with Gasteiger partial charge in [-0.25, -0.2) is 0 Å². The van der Waals surface area contributed by atoms with Gasteiger partial charge >= 0.3 is 0 Å². The van der Waals surface area contributed by atoms with Crippen LogP contribution in [0.2, 0.25) is 0 Å². The lowest BCUT2D eigenvalue weighted by Crippen LogP contribution is -2.43. The molecule has 4 heteroatoms. The first-order chi connectivity index (χ1) is 10.8. The summed E-state index contributed by atoms with van der Waals surface area (Å²) in [5, 5.41) is 0. The van der Waals surface area contributed by atoms with Gasteiger partial charge in [-0.3, -0.25) is 14.5 Å². The highest BCUT2D eigenvalue weighted by molar-refractivity contribution is 9.10. The second kappa shape index (κ2) is 7.09. The molecule has 0 fully saturated rings. The topological polar surface area (TPSA) is 37.4 Å². The second-order valence-corrected chi connectivity index (χ2v) is 6.63. The smallest absolute Gasteiger partial charge is 0.258 e. The van der Waals surface area contributed by atoms with E-state index in [9.17, 15) is 9.59 Å². The average molecular weight is 374 g/mol. The molecule has 120 valence electrons. The number of anilines is 1. The molecule has 3 nitrogen and oxygen atoms in total. The summed E-state index contributed by atoms with van der Waals surface area (Å²) in [7, 11) is 0. The minimum Gasteiger partial charge on any atom is -0.298 e. The number of Topliss-reactive ketones (excluding diaryl/α,β-unsaturated/α-hetero) is 1. The Bertz CT molecular complexity index is 717. The van der Waals surface area contributed by atoms with E-state index < -0.39 is 6.04 Å². The molecule has 23 heavy (non-hydrogen) atoms. The van der Waals surface area contributed by atoms with E-state index in [0.717, 1.165) is 21.3 Å². The van der Waals surface area contributed by atoms with Gasteiger partial charge in [0.15, 0.2) is 5.78 Å². The third-order valence-corrected chi connectivity index (χ3v) is 4.37. The van der Waals surface area contributed by atoms with Crippen molar-refractivity contribution in [3.8, 4) is 0 Å². The SMILES string of the molecule is CC(=O)C(C)N(C(=O)c1ccccc1)c1c(C)cc(Br)cc1C. The van der Waals surface area contributed by atoms with Gasteiger partial charge in [0.2, 0.25) is 0 Å². The minimum absolute atomic E-state index is 0.0454. The first kappa shape index (κ1) is 17.4. The molecule has 0 saturated heterocycles. The molecule has 1 atom stereocenters. The predicted molar refractivity (Wildman–Crippen MR) is 97.0 cm³/mol. The highest BCUT2D eigenvalue weighted by Crippen LogP contribution is 2.31. The normalized spacial score (nSPS) is 11.9. The maximum atomic E-state index is 13.0. The largest absolute Gasteiger partial charge is 0.298 e. The van der Waals surface area contributed by atoms with Gasteiger partial charge in [-0.2, -0.15) is 0 Å². The van der Waals surface area contributed by atoms with E-state index >= 15 is 0 Å². The molecule has 0 saturated carbocycles. The Balaban J connectivity index is 2.61. The highest BCUT2D eigenvalue weighted by atomic mass is 79.9. The van der Waals surface area contributed by atoms with E-state index in [2.05, 4.69) is 15.9 Å². The van der Waals surface area contributed by atoms with Crippen molar-refractivity contribution in [2.75, 3.05) is 4.90 Å². The molecule has 1 unspecified atom stereocenters. The number of carbonyl (C=O) groups is 2. The molecule has 0 aliphatic carbocycles. The summed E-state index contributed by atoms with van der Waals surface area (Å²) in [5.41, 5.74) is 3.27. The van der Waals surface area contributed by atoms with Gasteiger partial charge in [0.25, 0.3) is 5.91 Å². The maximum absolute atomic E-state index is 13.0. The fourth-order valence-electron chi connectivity index (χ4n) is 2.66. The van der Waals surface area contributed by atoms with Crippen LogP contribution in [0.5, 0.6) is 0 Å². The molecule has 0 heterocycles. The van der Waals surface area contributed by atoms with E-state index in [1.807, 2.05) is 44.2 Å². The van der Waals surface area contributed by atoms with E-state index in [1.165, 1.54) is 6.92 Å². The van der Waals surface area contributed by atoms with Crippen LogP contribution >= 0.6 is 15.9 Å². The van der Waals surface area contributed by atoms with Crippen LogP contribution in [0.3, 0.4) is 0 Å². The Kier molecular flexibility index (Phi) is 5.37. The molecule has 0 bridgehead atoms. The van der Waals surface area contributed by atoms with E-state index in [0.29, 0.717) is 5.56 Å². The molecular formula is C19H20BrNO2. The number of hydrogen-bond donors (Lipinski definition) is 0. The summed E-state index contributed by atoms with van der Waals surface area (Å²) in [6.07, 6.45) is 0.